The highest BCUT2D eigenvalue weighted by molar-refractivity contribution is 9.10. The van der Waals surface area contributed by atoms with Gasteiger partial charge in [0.1, 0.15) is 15.3 Å². The molecule has 0 saturated carbocycles. The molecule has 140 valence electrons. The Bertz CT molecular complexity index is 1030. The minimum atomic E-state index is -0.776. The average molecular weight is 478 g/mol. The number of aromatic amines is 1. The Labute approximate surface area is 168 Å². The van der Waals surface area contributed by atoms with Crippen LogP contribution in [0.3, 0.4) is 0 Å². The molecule has 0 fully saturated rings. The Morgan fingerprint density at radius 2 is 2.15 bits per heavy atom. The molecule has 0 atom stereocenters. The lowest BCUT2D eigenvalue weighted by Gasteiger charge is -2.05. The van der Waals surface area contributed by atoms with Gasteiger partial charge in [-0.05, 0) is 33.0 Å². The number of nitro groups is 1. The van der Waals surface area contributed by atoms with Gasteiger partial charge < -0.3 is 15.4 Å². The number of nitrogens with one attached hydrogen (secondary N) is 2. The zero-order valence-electron chi connectivity index (χ0n) is 13.0. The molecule has 2 N–H and O–H groups in total. The molecule has 0 radical (unpaired) electrons. The molecule has 0 saturated heterocycles. The monoisotopic (exact) mass is 476 g/mol. The van der Waals surface area contributed by atoms with Gasteiger partial charge >= 0.3 is 5.82 Å². The highest BCUT2D eigenvalue weighted by Gasteiger charge is 2.26. The molecule has 3 rings (SSSR count). The van der Waals surface area contributed by atoms with Crippen molar-refractivity contribution in [2.24, 2.45) is 0 Å². The van der Waals surface area contributed by atoms with Crippen LogP contribution in [0.25, 0.3) is 0 Å². The minimum absolute atomic E-state index is 0.0152. The van der Waals surface area contributed by atoms with Crippen molar-refractivity contribution in [3.63, 3.8) is 0 Å². The molecule has 1 amide bonds. The van der Waals surface area contributed by atoms with Crippen LogP contribution in [0.15, 0.2) is 28.9 Å². The number of benzene rings is 1. The molecule has 3 aromatic rings. The molecule has 0 aliphatic rings. The number of amides is 1. The number of H-pyrrole nitrogens is 1. The molecular formula is C14H8BrCl2FN6O3. The summed E-state index contributed by atoms with van der Waals surface area (Å²) in [6.07, 6.45) is 1.38. The van der Waals surface area contributed by atoms with E-state index in [4.69, 9.17) is 23.2 Å². The third-order valence-corrected chi connectivity index (χ3v) is 4.80. The first-order chi connectivity index (χ1) is 12.8. The standard InChI is InChI=1S/C14H8BrCl2FN6O3/c15-10-11(20-21-13(10)24(26)27)14(25)19-12-8(17)5-23(22-12)4-6-7(16)2-1-3-9(6)18/h1-3,5H,4H2,(H,20,21)(H,19,22,25). The molecule has 1 aromatic carbocycles. The van der Waals surface area contributed by atoms with Gasteiger partial charge in [0.2, 0.25) is 0 Å². The SMILES string of the molecule is O=C(Nc1nn(Cc2c(F)cccc2Cl)cc1Cl)c1n[nH]c([N+](=O)[O-])c1Br. The zero-order valence-corrected chi connectivity index (χ0v) is 16.1. The first-order valence-corrected chi connectivity index (χ1v) is 8.68. The van der Waals surface area contributed by atoms with Crippen LogP contribution in [0.4, 0.5) is 16.0 Å². The first kappa shape index (κ1) is 19.3. The van der Waals surface area contributed by atoms with Crippen LogP contribution in [-0.2, 0) is 6.54 Å². The zero-order chi connectivity index (χ0) is 19.7. The van der Waals surface area contributed by atoms with Gasteiger partial charge in [-0.15, -0.1) is 5.10 Å². The van der Waals surface area contributed by atoms with E-state index in [0.717, 1.165) is 0 Å². The third kappa shape index (κ3) is 3.94. The number of nitrogens with zero attached hydrogens (tertiary/aromatic N) is 4. The maximum Gasteiger partial charge on any atom is 0.357 e. The summed E-state index contributed by atoms with van der Waals surface area (Å²) in [7, 11) is 0. The molecule has 13 heteroatoms. The Kier molecular flexibility index (Phi) is 5.44. The van der Waals surface area contributed by atoms with Crippen molar-refractivity contribution in [3.8, 4) is 0 Å². The Morgan fingerprint density at radius 3 is 2.78 bits per heavy atom. The second-order valence-electron chi connectivity index (χ2n) is 5.17. The Hall–Kier alpha value is -2.50. The number of hydrogen-bond acceptors (Lipinski definition) is 5. The quantitative estimate of drug-likeness (QED) is 0.424. The predicted octanol–water partition coefficient (Wildman–Crippen LogP) is 4.02. The fraction of sp³-hybridized carbons (Fsp3) is 0.0714. The van der Waals surface area contributed by atoms with E-state index in [1.807, 2.05) is 0 Å². The van der Waals surface area contributed by atoms with Gasteiger partial charge in [-0.3, -0.25) is 9.48 Å². The van der Waals surface area contributed by atoms with Crippen molar-refractivity contribution in [2.75, 3.05) is 5.32 Å². The summed E-state index contributed by atoms with van der Waals surface area (Å²) in [5, 5.41) is 23.3. The highest BCUT2D eigenvalue weighted by Crippen LogP contribution is 2.27. The molecular weight excluding hydrogens is 470 g/mol. The number of hydrogen-bond donors (Lipinski definition) is 2. The van der Waals surface area contributed by atoms with Crippen LogP contribution in [0.2, 0.25) is 10.0 Å². The molecule has 9 nitrogen and oxygen atoms in total. The van der Waals surface area contributed by atoms with Crippen molar-refractivity contribution in [1.29, 1.82) is 0 Å². The summed E-state index contributed by atoms with van der Waals surface area (Å²) >= 11 is 15.0. The Balaban J connectivity index is 1.81. The highest BCUT2D eigenvalue weighted by atomic mass is 79.9. The van der Waals surface area contributed by atoms with Gasteiger partial charge in [0.15, 0.2) is 11.5 Å². The van der Waals surface area contributed by atoms with Gasteiger partial charge in [-0.25, -0.2) is 4.39 Å². The number of carbonyl (C=O) groups is 1. The number of carbonyl (C=O) groups excluding carboxylic acids is 1. The van der Waals surface area contributed by atoms with Gasteiger partial charge in [0, 0.05) is 16.8 Å². The number of anilines is 1. The summed E-state index contributed by atoms with van der Waals surface area (Å²) < 4.78 is 15.1. The Morgan fingerprint density at radius 1 is 1.41 bits per heavy atom. The molecule has 0 aliphatic heterocycles. The van der Waals surface area contributed by atoms with Gasteiger partial charge in [0.25, 0.3) is 5.91 Å². The van der Waals surface area contributed by atoms with E-state index in [0.29, 0.717) is 0 Å². The lowest BCUT2D eigenvalue weighted by atomic mass is 10.2. The summed E-state index contributed by atoms with van der Waals surface area (Å²) in [4.78, 5) is 22.3. The van der Waals surface area contributed by atoms with E-state index in [9.17, 15) is 19.3 Å². The van der Waals surface area contributed by atoms with Gasteiger partial charge in [0.05, 0.1) is 6.54 Å². The summed E-state index contributed by atoms with van der Waals surface area (Å²) in [5.74, 6) is -1.77. The summed E-state index contributed by atoms with van der Waals surface area (Å²) in [6, 6.07) is 4.27. The van der Waals surface area contributed by atoms with Crippen LogP contribution >= 0.6 is 39.1 Å². The van der Waals surface area contributed by atoms with Crippen LogP contribution < -0.4 is 5.32 Å². The fourth-order valence-electron chi connectivity index (χ4n) is 2.17. The first-order valence-electron chi connectivity index (χ1n) is 7.13. The molecule has 0 unspecified atom stereocenters. The second-order valence-corrected chi connectivity index (χ2v) is 6.78. The molecule has 2 aromatic heterocycles. The molecule has 0 aliphatic carbocycles. The lowest BCUT2D eigenvalue weighted by Crippen LogP contribution is -2.14. The molecule has 2 heterocycles. The fourth-order valence-corrected chi connectivity index (χ4v) is 3.09. The van der Waals surface area contributed by atoms with Crippen molar-refractivity contribution in [1.82, 2.24) is 20.0 Å². The van der Waals surface area contributed by atoms with Crippen LogP contribution in [0.1, 0.15) is 16.1 Å². The molecule has 27 heavy (non-hydrogen) atoms. The maximum atomic E-state index is 13.9. The van der Waals surface area contributed by atoms with Crippen molar-refractivity contribution in [3.05, 3.63) is 66.1 Å². The normalized spacial score (nSPS) is 10.8. The van der Waals surface area contributed by atoms with Gasteiger partial charge in [-0.2, -0.15) is 5.10 Å². The van der Waals surface area contributed by atoms with E-state index in [1.165, 1.54) is 29.1 Å². The van der Waals surface area contributed by atoms with Crippen LogP contribution in [-0.4, -0.2) is 30.8 Å². The number of halogens is 4. The maximum absolute atomic E-state index is 13.9. The van der Waals surface area contributed by atoms with E-state index < -0.39 is 22.5 Å². The van der Waals surface area contributed by atoms with E-state index in [-0.39, 0.29) is 38.1 Å². The van der Waals surface area contributed by atoms with Crippen LogP contribution in [0, 0.1) is 15.9 Å². The predicted molar refractivity (Wildman–Crippen MR) is 98.6 cm³/mol. The molecule has 0 spiro atoms. The summed E-state index contributed by atoms with van der Waals surface area (Å²) in [5.41, 5.74) is -0.0358. The smallest absolute Gasteiger partial charge is 0.357 e. The van der Waals surface area contributed by atoms with E-state index >= 15 is 0 Å². The van der Waals surface area contributed by atoms with Crippen LogP contribution in [0.5, 0.6) is 0 Å². The largest absolute Gasteiger partial charge is 0.358 e. The van der Waals surface area contributed by atoms with E-state index in [1.54, 1.807) is 0 Å². The number of rotatable bonds is 5. The molecule has 0 bridgehead atoms. The second kappa shape index (κ2) is 7.62. The lowest BCUT2D eigenvalue weighted by molar-refractivity contribution is -0.390. The third-order valence-electron chi connectivity index (χ3n) is 3.42. The van der Waals surface area contributed by atoms with E-state index in [2.05, 4.69) is 36.5 Å². The van der Waals surface area contributed by atoms with Gasteiger partial charge in [-0.1, -0.05) is 34.4 Å². The van der Waals surface area contributed by atoms with Crippen molar-refractivity contribution < 1.29 is 14.1 Å². The summed E-state index contributed by atoms with van der Waals surface area (Å²) in [6.45, 7) is -0.0152. The minimum Gasteiger partial charge on any atom is -0.358 e. The number of aromatic nitrogens is 4. The average Bonchev–Trinajstić information content (AvgIpc) is 3.14. The topological polar surface area (TPSA) is 119 Å². The van der Waals surface area contributed by atoms with Crippen molar-refractivity contribution >= 4 is 56.7 Å². The van der Waals surface area contributed by atoms with Crippen molar-refractivity contribution in [2.45, 2.75) is 6.54 Å².